The van der Waals surface area contributed by atoms with Crippen LogP contribution in [0.5, 0.6) is 0 Å². The highest BCUT2D eigenvalue weighted by Crippen LogP contribution is 1.96. The minimum absolute atomic E-state index is 0.775. The van der Waals surface area contributed by atoms with Crippen LogP contribution >= 0.6 is 11.5 Å². The van der Waals surface area contributed by atoms with E-state index in [1.165, 1.54) is 17.1 Å². The number of nitrogens with zero attached hydrogens (tertiary/aromatic N) is 4. The predicted octanol–water partition coefficient (Wildman–Crippen LogP) is 0.833. The molecular weight excluding hydrogens is 210 g/mol. The summed E-state index contributed by atoms with van der Waals surface area (Å²) in [6.45, 7) is 4.58. The van der Waals surface area contributed by atoms with Gasteiger partial charge < -0.3 is 5.32 Å². The molecule has 0 bridgehead atoms. The van der Waals surface area contributed by atoms with Crippen LogP contribution in [-0.4, -0.2) is 25.9 Å². The number of aryl methyl sites for hydroxylation is 1. The smallest absolute Gasteiger partial charge is 0.0893 e. The van der Waals surface area contributed by atoms with Gasteiger partial charge in [0.1, 0.15) is 0 Å². The zero-order valence-corrected chi connectivity index (χ0v) is 9.37. The summed E-state index contributed by atoms with van der Waals surface area (Å²) in [5.41, 5.74) is 2.19. The Morgan fingerprint density at radius 1 is 1.53 bits per heavy atom. The highest BCUT2D eigenvalue weighted by Gasteiger charge is 1.96. The van der Waals surface area contributed by atoms with Crippen LogP contribution in [-0.2, 0) is 13.1 Å². The molecule has 0 aliphatic carbocycles. The lowest BCUT2D eigenvalue weighted by molar-refractivity contribution is 0.551. The Kier molecular flexibility index (Phi) is 3.41. The van der Waals surface area contributed by atoms with Crippen molar-refractivity contribution in [2.45, 2.75) is 20.0 Å². The van der Waals surface area contributed by atoms with Gasteiger partial charge >= 0.3 is 0 Å². The Hall–Kier alpha value is -1.27. The van der Waals surface area contributed by atoms with E-state index in [2.05, 4.69) is 20.0 Å². The first-order chi connectivity index (χ1) is 7.34. The van der Waals surface area contributed by atoms with Gasteiger partial charge in [-0.05, 0) is 24.0 Å². The zero-order valence-electron chi connectivity index (χ0n) is 8.55. The maximum absolute atomic E-state index is 4.20. The third kappa shape index (κ3) is 3.10. The van der Waals surface area contributed by atoms with Crippen molar-refractivity contribution < 1.29 is 0 Å². The van der Waals surface area contributed by atoms with Crippen LogP contribution in [0.4, 0.5) is 0 Å². The predicted molar refractivity (Wildman–Crippen MR) is 58.6 cm³/mol. The van der Waals surface area contributed by atoms with Crippen LogP contribution in [0, 0.1) is 6.92 Å². The van der Waals surface area contributed by atoms with Crippen LogP contribution in [0.1, 0.15) is 11.3 Å². The minimum atomic E-state index is 0.775. The molecule has 0 spiro atoms. The second kappa shape index (κ2) is 4.99. The van der Waals surface area contributed by atoms with E-state index < -0.39 is 0 Å². The van der Waals surface area contributed by atoms with Gasteiger partial charge in [-0.1, -0.05) is 4.49 Å². The fourth-order valence-electron chi connectivity index (χ4n) is 1.26. The number of hydrogen-bond acceptors (Lipinski definition) is 5. The lowest BCUT2D eigenvalue weighted by Crippen LogP contribution is -2.19. The van der Waals surface area contributed by atoms with Crippen molar-refractivity contribution >= 4 is 11.5 Å². The van der Waals surface area contributed by atoms with Crippen molar-refractivity contribution in [2.75, 3.05) is 6.54 Å². The maximum Gasteiger partial charge on any atom is 0.0893 e. The zero-order chi connectivity index (χ0) is 10.5. The standard InChI is InChI=1S/C9H13N5S/c1-8-4-11-14(6-8)3-2-10-5-9-7-15-13-12-9/h4,6-7,10H,2-3,5H2,1H3. The summed E-state index contributed by atoms with van der Waals surface area (Å²) in [6.07, 6.45) is 3.90. The van der Waals surface area contributed by atoms with Gasteiger partial charge in [-0.15, -0.1) is 5.10 Å². The molecule has 0 aliphatic rings. The third-order valence-corrected chi connectivity index (χ3v) is 2.54. The van der Waals surface area contributed by atoms with Gasteiger partial charge in [0.05, 0.1) is 18.4 Å². The lowest BCUT2D eigenvalue weighted by atomic mass is 10.4. The quantitative estimate of drug-likeness (QED) is 0.763. The molecule has 0 saturated carbocycles. The highest BCUT2D eigenvalue weighted by atomic mass is 32.1. The first-order valence-corrected chi connectivity index (χ1v) is 5.64. The summed E-state index contributed by atoms with van der Waals surface area (Å²) < 4.78 is 5.73. The van der Waals surface area contributed by atoms with E-state index >= 15 is 0 Å². The van der Waals surface area contributed by atoms with Gasteiger partial charge in [0.15, 0.2) is 0 Å². The van der Waals surface area contributed by atoms with E-state index in [-0.39, 0.29) is 0 Å². The van der Waals surface area contributed by atoms with Crippen LogP contribution < -0.4 is 5.32 Å². The van der Waals surface area contributed by atoms with E-state index in [4.69, 9.17) is 0 Å². The number of nitrogens with one attached hydrogen (secondary N) is 1. The minimum Gasteiger partial charge on any atom is -0.309 e. The Bertz CT molecular complexity index is 394. The monoisotopic (exact) mass is 223 g/mol. The van der Waals surface area contributed by atoms with Crippen molar-refractivity contribution in [3.8, 4) is 0 Å². The van der Waals surface area contributed by atoms with Crippen molar-refractivity contribution in [2.24, 2.45) is 0 Å². The molecule has 6 heteroatoms. The van der Waals surface area contributed by atoms with Crippen LogP contribution in [0.25, 0.3) is 0 Å². The number of aromatic nitrogens is 4. The molecule has 0 radical (unpaired) electrons. The summed E-state index contributed by atoms with van der Waals surface area (Å²) in [4.78, 5) is 0. The van der Waals surface area contributed by atoms with Gasteiger partial charge in [0, 0.05) is 24.7 Å². The normalized spacial score (nSPS) is 10.7. The average Bonchev–Trinajstić information content (AvgIpc) is 2.84. The molecular formula is C9H13N5S. The molecule has 2 heterocycles. The van der Waals surface area contributed by atoms with Crippen molar-refractivity contribution in [1.82, 2.24) is 24.7 Å². The van der Waals surface area contributed by atoms with Gasteiger partial charge in [0.25, 0.3) is 0 Å². The fraction of sp³-hybridized carbons (Fsp3) is 0.444. The Morgan fingerprint density at radius 3 is 3.13 bits per heavy atom. The van der Waals surface area contributed by atoms with Crippen molar-refractivity contribution in [3.05, 3.63) is 29.0 Å². The molecule has 0 unspecified atom stereocenters. The summed E-state index contributed by atoms with van der Waals surface area (Å²) in [5.74, 6) is 0. The molecule has 2 aromatic heterocycles. The van der Waals surface area contributed by atoms with E-state index in [9.17, 15) is 0 Å². The number of hydrogen-bond donors (Lipinski definition) is 1. The van der Waals surface area contributed by atoms with E-state index in [0.717, 1.165) is 25.3 Å². The summed E-state index contributed by atoms with van der Waals surface area (Å²) in [7, 11) is 0. The van der Waals surface area contributed by atoms with E-state index in [1.54, 1.807) is 0 Å². The van der Waals surface area contributed by atoms with Gasteiger partial charge in [-0.2, -0.15) is 5.10 Å². The molecule has 0 saturated heterocycles. The molecule has 80 valence electrons. The molecule has 1 N–H and O–H groups in total. The fourth-order valence-corrected chi connectivity index (χ4v) is 1.71. The van der Waals surface area contributed by atoms with Gasteiger partial charge in [-0.25, -0.2) is 0 Å². The summed E-state index contributed by atoms with van der Waals surface area (Å²) in [5, 5.41) is 13.4. The molecule has 5 nitrogen and oxygen atoms in total. The molecule has 2 rings (SSSR count). The first kappa shape index (κ1) is 10.3. The first-order valence-electron chi connectivity index (χ1n) is 4.80. The lowest BCUT2D eigenvalue weighted by Gasteiger charge is -2.02. The second-order valence-corrected chi connectivity index (χ2v) is 3.96. The molecule has 15 heavy (non-hydrogen) atoms. The maximum atomic E-state index is 4.20. The molecule has 0 atom stereocenters. The Balaban J connectivity index is 1.67. The largest absolute Gasteiger partial charge is 0.309 e. The Morgan fingerprint density at radius 2 is 2.47 bits per heavy atom. The topological polar surface area (TPSA) is 55.6 Å². The Labute approximate surface area is 92.3 Å². The number of rotatable bonds is 5. The average molecular weight is 223 g/mol. The van der Waals surface area contributed by atoms with Gasteiger partial charge in [0.2, 0.25) is 0 Å². The van der Waals surface area contributed by atoms with E-state index in [0.29, 0.717) is 0 Å². The molecule has 0 aromatic carbocycles. The molecule has 2 aromatic rings. The molecule has 0 amide bonds. The van der Waals surface area contributed by atoms with Crippen molar-refractivity contribution in [1.29, 1.82) is 0 Å². The SMILES string of the molecule is Cc1cnn(CCNCc2csnn2)c1. The van der Waals surface area contributed by atoms with E-state index in [1.807, 2.05) is 29.4 Å². The third-order valence-electron chi connectivity index (χ3n) is 1.99. The second-order valence-electron chi connectivity index (χ2n) is 3.35. The molecule has 0 fully saturated rings. The summed E-state index contributed by atoms with van der Waals surface area (Å²) in [6, 6.07) is 0. The van der Waals surface area contributed by atoms with Gasteiger partial charge in [-0.3, -0.25) is 4.68 Å². The van der Waals surface area contributed by atoms with Crippen LogP contribution in [0.2, 0.25) is 0 Å². The van der Waals surface area contributed by atoms with Crippen LogP contribution in [0.15, 0.2) is 17.8 Å². The van der Waals surface area contributed by atoms with Crippen molar-refractivity contribution in [3.63, 3.8) is 0 Å². The highest BCUT2D eigenvalue weighted by molar-refractivity contribution is 7.03. The summed E-state index contributed by atoms with van der Waals surface area (Å²) >= 11 is 1.38. The molecule has 0 aliphatic heterocycles. The van der Waals surface area contributed by atoms with Crippen LogP contribution in [0.3, 0.4) is 0 Å².